The molecule has 4 nitrogen and oxygen atoms in total. The molecule has 2 N–H and O–H groups in total. The number of H-pyrrole nitrogens is 1. The lowest BCUT2D eigenvalue weighted by Gasteiger charge is -2.04. The third kappa shape index (κ3) is 2.90. The number of benzene rings is 2. The average molecular weight is 329 g/mol. The van der Waals surface area contributed by atoms with E-state index < -0.39 is 0 Å². The fourth-order valence-electron chi connectivity index (χ4n) is 2.64. The molecule has 0 fully saturated rings. The highest BCUT2D eigenvalue weighted by Crippen LogP contribution is 2.32. The number of halogens is 1. The highest BCUT2D eigenvalue weighted by molar-refractivity contribution is 6.33. The molecule has 5 heteroatoms. The molecular formula is C18H17ClN2O2. The first-order valence-electron chi connectivity index (χ1n) is 7.19. The van der Waals surface area contributed by atoms with Crippen LogP contribution in [0, 0.1) is 13.8 Å². The molecule has 0 saturated heterocycles. The zero-order valence-corrected chi connectivity index (χ0v) is 13.9. The number of hydrogen-bond acceptors (Lipinski definition) is 3. The van der Waals surface area contributed by atoms with Crippen molar-refractivity contribution in [3.63, 3.8) is 0 Å². The van der Waals surface area contributed by atoms with Gasteiger partial charge in [-0.15, -0.1) is 0 Å². The van der Waals surface area contributed by atoms with Gasteiger partial charge in [0.15, 0.2) is 5.88 Å². The molecule has 0 atom stereocenters. The maximum atomic E-state index is 10.1. The second kappa shape index (κ2) is 5.97. The van der Waals surface area contributed by atoms with E-state index >= 15 is 0 Å². The number of hydrogen-bond donors (Lipinski definition) is 2. The molecule has 3 rings (SSSR count). The Kier molecular flexibility index (Phi) is 4.01. The van der Waals surface area contributed by atoms with Crippen LogP contribution in [-0.2, 0) is 0 Å². The second-order valence-corrected chi connectivity index (χ2v) is 5.88. The largest absolute Gasteiger partial charge is 0.497 e. The molecule has 0 aliphatic rings. The summed E-state index contributed by atoms with van der Waals surface area (Å²) in [5.74, 6) is 0.786. The number of rotatable bonds is 3. The van der Waals surface area contributed by atoms with E-state index in [1.54, 1.807) is 13.3 Å². The second-order valence-electron chi connectivity index (χ2n) is 5.47. The van der Waals surface area contributed by atoms with Gasteiger partial charge in [0.2, 0.25) is 0 Å². The lowest BCUT2D eigenvalue weighted by Crippen LogP contribution is -1.85. The molecule has 3 aromatic rings. The molecular weight excluding hydrogens is 312 g/mol. The number of aromatic hydroxyl groups is 1. The highest BCUT2D eigenvalue weighted by atomic mass is 35.5. The van der Waals surface area contributed by atoms with Crippen LogP contribution in [0.15, 0.2) is 35.3 Å². The summed E-state index contributed by atoms with van der Waals surface area (Å²) in [6.07, 6.45) is 1.62. The quantitative estimate of drug-likeness (QED) is 0.672. The van der Waals surface area contributed by atoms with Crippen molar-refractivity contribution >= 4 is 34.4 Å². The highest BCUT2D eigenvalue weighted by Gasteiger charge is 2.11. The summed E-state index contributed by atoms with van der Waals surface area (Å²) in [5, 5.41) is 11.6. The van der Waals surface area contributed by atoms with E-state index in [2.05, 4.69) is 9.98 Å². The zero-order chi connectivity index (χ0) is 16.6. The first kappa shape index (κ1) is 15.4. The van der Waals surface area contributed by atoms with Gasteiger partial charge in [0.25, 0.3) is 0 Å². The molecule has 1 heterocycles. The van der Waals surface area contributed by atoms with Crippen LogP contribution >= 0.6 is 11.6 Å². The average Bonchev–Trinajstić information content (AvgIpc) is 2.81. The van der Waals surface area contributed by atoms with E-state index in [1.807, 2.05) is 44.2 Å². The Balaban J connectivity index is 2.09. The normalized spacial score (nSPS) is 11.5. The number of aryl methyl sites for hydroxylation is 2. The minimum Gasteiger partial charge on any atom is -0.497 e. The van der Waals surface area contributed by atoms with Crippen LogP contribution in [0.3, 0.4) is 0 Å². The minimum atomic E-state index is 0.0675. The van der Waals surface area contributed by atoms with Gasteiger partial charge in [-0.1, -0.05) is 17.7 Å². The van der Waals surface area contributed by atoms with Crippen LogP contribution in [0.1, 0.15) is 16.7 Å². The molecule has 0 radical (unpaired) electrons. The maximum absolute atomic E-state index is 10.1. The third-order valence-electron chi connectivity index (χ3n) is 3.75. The van der Waals surface area contributed by atoms with Crippen molar-refractivity contribution in [1.29, 1.82) is 0 Å². The van der Waals surface area contributed by atoms with Crippen molar-refractivity contribution in [2.45, 2.75) is 13.8 Å². The summed E-state index contributed by atoms with van der Waals surface area (Å²) in [4.78, 5) is 7.41. The fourth-order valence-corrected chi connectivity index (χ4v) is 3.01. The third-order valence-corrected chi connectivity index (χ3v) is 4.03. The zero-order valence-electron chi connectivity index (χ0n) is 13.1. The summed E-state index contributed by atoms with van der Waals surface area (Å²) in [6.45, 7) is 3.95. The molecule has 0 saturated carbocycles. The van der Waals surface area contributed by atoms with Crippen molar-refractivity contribution in [2.75, 3.05) is 7.11 Å². The summed E-state index contributed by atoms with van der Waals surface area (Å²) < 4.78 is 5.24. The van der Waals surface area contributed by atoms with Crippen molar-refractivity contribution in [1.82, 2.24) is 4.98 Å². The molecule has 1 aromatic heterocycles. The predicted octanol–water partition coefficient (Wildman–Crippen LogP) is 4.90. The molecule has 0 amide bonds. The lowest BCUT2D eigenvalue weighted by atomic mass is 10.1. The molecule has 0 unspecified atom stereocenters. The number of nitrogens with zero attached hydrogens (tertiary/aromatic N) is 1. The van der Waals surface area contributed by atoms with Crippen LogP contribution in [-0.4, -0.2) is 23.4 Å². The molecule has 0 bridgehead atoms. The van der Waals surface area contributed by atoms with E-state index in [1.165, 1.54) is 0 Å². The van der Waals surface area contributed by atoms with Crippen LogP contribution in [0.4, 0.5) is 5.69 Å². The van der Waals surface area contributed by atoms with Gasteiger partial charge in [-0.2, -0.15) is 0 Å². The van der Waals surface area contributed by atoms with Gasteiger partial charge in [-0.25, -0.2) is 0 Å². The number of aromatic nitrogens is 1. The van der Waals surface area contributed by atoms with Crippen molar-refractivity contribution in [2.24, 2.45) is 4.99 Å². The van der Waals surface area contributed by atoms with E-state index in [0.29, 0.717) is 16.3 Å². The van der Waals surface area contributed by atoms with Gasteiger partial charge in [-0.05, 0) is 49.2 Å². The Labute approximate surface area is 139 Å². The Hall–Kier alpha value is -2.46. The maximum Gasteiger partial charge on any atom is 0.198 e. The molecule has 0 aliphatic heterocycles. The van der Waals surface area contributed by atoms with Gasteiger partial charge >= 0.3 is 0 Å². The van der Waals surface area contributed by atoms with E-state index in [9.17, 15) is 5.11 Å². The van der Waals surface area contributed by atoms with Gasteiger partial charge in [0.05, 0.1) is 23.4 Å². The summed E-state index contributed by atoms with van der Waals surface area (Å²) in [7, 11) is 1.61. The van der Waals surface area contributed by atoms with E-state index in [0.717, 1.165) is 27.8 Å². The molecule has 23 heavy (non-hydrogen) atoms. The number of nitrogens with one attached hydrogen (secondary N) is 1. The SMILES string of the molecule is COc1ccc2[nH]c(O)c(C=Nc3c(C)cc(C)cc3Cl)c2c1. The Morgan fingerprint density at radius 2 is 2.00 bits per heavy atom. The monoisotopic (exact) mass is 328 g/mol. The van der Waals surface area contributed by atoms with Gasteiger partial charge in [0, 0.05) is 17.1 Å². The van der Waals surface area contributed by atoms with E-state index in [4.69, 9.17) is 16.3 Å². The Bertz CT molecular complexity index is 890. The van der Waals surface area contributed by atoms with Crippen molar-refractivity contribution in [3.8, 4) is 11.6 Å². The molecule has 2 aromatic carbocycles. The summed E-state index contributed by atoms with van der Waals surface area (Å²) in [5.41, 5.74) is 4.20. The standard InChI is InChI=1S/C18H17ClN2O2/c1-10-6-11(2)17(15(19)7-10)20-9-14-13-8-12(23-3)4-5-16(13)21-18(14)22/h4-9,21-22H,1-3H3. The predicted molar refractivity (Wildman–Crippen MR) is 94.7 cm³/mol. The van der Waals surface area contributed by atoms with Gasteiger partial charge in [0.1, 0.15) is 5.75 Å². The smallest absolute Gasteiger partial charge is 0.198 e. The Morgan fingerprint density at radius 3 is 2.70 bits per heavy atom. The van der Waals surface area contributed by atoms with Crippen LogP contribution in [0.2, 0.25) is 5.02 Å². The summed E-state index contributed by atoms with van der Waals surface area (Å²) >= 11 is 6.28. The number of aliphatic imine (C=N–C) groups is 1. The van der Waals surface area contributed by atoms with Crippen LogP contribution in [0.5, 0.6) is 11.6 Å². The van der Waals surface area contributed by atoms with Crippen LogP contribution < -0.4 is 4.74 Å². The van der Waals surface area contributed by atoms with Crippen LogP contribution in [0.25, 0.3) is 10.9 Å². The molecule has 118 valence electrons. The summed E-state index contributed by atoms with van der Waals surface area (Å²) in [6, 6.07) is 9.45. The molecule has 0 spiro atoms. The number of methoxy groups -OCH3 is 1. The minimum absolute atomic E-state index is 0.0675. The Morgan fingerprint density at radius 1 is 1.22 bits per heavy atom. The lowest BCUT2D eigenvalue weighted by molar-refractivity contribution is 0.415. The number of fused-ring (bicyclic) bond motifs is 1. The van der Waals surface area contributed by atoms with Crippen molar-refractivity contribution in [3.05, 3.63) is 52.0 Å². The fraction of sp³-hybridized carbons (Fsp3) is 0.167. The molecule has 0 aliphatic carbocycles. The number of ether oxygens (including phenoxy) is 1. The van der Waals surface area contributed by atoms with Gasteiger partial charge in [-0.3, -0.25) is 4.99 Å². The van der Waals surface area contributed by atoms with Gasteiger partial charge < -0.3 is 14.8 Å². The topological polar surface area (TPSA) is 57.6 Å². The first-order valence-corrected chi connectivity index (χ1v) is 7.57. The number of aromatic amines is 1. The van der Waals surface area contributed by atoms with E-state index in [-0.39, 0.29) is 5.88 Å². The van der Waals surface area contributed by atoms with Crippen molar-refractivity contribution < 1.29 is 9.84 Å². The first-order chi connectivity index (χ1) is 11.0.